The van der Waals surface area contributed by atoms with E-state index < -0.39 is 21.5 Å². The summed E-state index contributed by atoms with van der Waals surface area (Å²) in [7, 11) is -3.86. The van der Waals surface area contributed by atoms with Crippen molar-refractivity contribution in [2.24, 2.45) is 0 Å². The van der Waals surface area contributed by atoms with Gasteiger partial charge in [-0.25, -0.2) is 13.1 Å². The van der Waals surface area contributed by atoms with Crippen molar-refractivity contribution in [3.8, 4) is 0 Å². The fraction of sp³-hybridized carbons (Fsp3) is 0.278. The summed E-state index contributed by atoms with van der Waals surface area (Å²) in [5, 5.41) is 2.81. The number of hydrogen-bond acceptors (Lipinski definition) is 3. The van der Waals surface area contributed by atoms with Crippen LogP contribution < -0.4 is 10.0 Å². The zero-order valence-corrected chi connectivity index (χ0v) is 18.0. The fourth-order valence-corrected chi connectivity index (χ4v) is 4.76. The molecule has 0 fully saturated rings. The predicted octanol–water partition coefficient (Wildman–Crippen LogP) is 4.74. The lowest BCUT2D eigenvalue weighted by Gasteiger charge is -2.21. The Morgan fingerprint density at radius 1 is 1.12 bits per heavy atom. The Labute approximate surface area is 167 Å². The lowest BCUT2D eigenvalue weighted by atomic mass is 10.1. The van der Waals surface area contributed by atoms with Crippen molar-refractivity contribution < 1.29 is 13.2 Å². The molecule has 0 radical (unpaired) electrons. The number of rotatable bonds is 4. The third kappa shape index (κ3) is 5.30. The van der Waals surface area contributed by atoms with Crippen LogP contribution in [0.25, 0.3) is 0 Å². The van der Waals surface area contributed by atoms with Crippen LogP contribution in [0.1, 0.15) is 36.7 Å². The lowest BCUT2D eigenvalue weighted by molar-refractivity contribution is 0.102. The SMILES string of the molecule is Cc1ccc(NC(=O)c2ccc(Cl)c(S(=O)(=O)NC(C)(C)C)c2)c(Br)c1. The molecule has 0 bridgehead atoms. The molecule has 2 rings (SSSR count). The van der Waals surface area contributed by atoms with E-state index in [0.717, 1.165) is 10.0 Å². The largest absolute Gasteiger partial charge is 0.321 e. The molecule has 140 valence electrons. The van der Waals surface area contributed by atoms with Crippen molar-refractivity contribution in [2.45, 2.75) is 38.1 Å². The highest BCUT2D eigenvalue weighted by atomic mass is 79.9. The minimum atomic E-state index is -3.86. The Hall–Kier alpha value is -1.41. The molecule has 0 heterocycles. The van der Waals surface area contributed by atoms with Gasteiger partial charge in [-0.3, -0.25) is 4.79 Å². The molecule has 0 unspecified atom stereocenters. The van der Waals surface area contributed by atoms with Crippen LogP contribution in [0.15, 0.2) is 45.8 Å². The number of hydrogen-bond donors (Lipinski definition) is 2. The number of nitrogens with one attached hydrogen (secondary N) is 2. The summed E-state index contributed by atoms with van der Waals surface area (Å²) in [6.45, 7) is 7.12. The van der Waals surface area contributed by atoms with Gasteiger partial charge in [-0.15, -0.1) is 0 Å². The van der Waals surface area contributed by atoms with Gasteiger partial charge >= 0.3 is 0 Å². The average molecular weight is 460 g/mol. The standard InChI is InChI=1S/C18H20BrClN2O3S/c1-11-5-8-15(13(19)9-11)21-17(23)12-6-7-14(20)16(10-12)26(24,25)22-18(2,3)4/h5-10,22H,1-4H3,(H,21,23). The molecule has 2 aromatic rings. The second kappa shape index (κ2) is 7.68. The van der Waals surface area contributed by atoms with Gasteiger partial charge in [-0.1, -0.05) is 17.7 Å². The number of carbonyl (C=O) groups excluding carboxylic acids is 1. The Morgan fingerprint density at radius 2 is 1.77 bits per heavy atom. The Bertz CT molecular complexity index is 953. The van der Waals surface area contributed by atoms with E-state index in [1.807, 2.05) is 19.1 Å². The fourth-order valence-electron chi connectivity index (χ4n) is 2.22. The molecule has 2 aromatic carbocycles. The lowest BCUT2D eigenvalue weighted by Crippen LogP contribution is -2.40. The van der Waals surface area contributed by atoms with E-state index in [-0.39, 0.29) is 15.5 Å². The van der Waals surface area contributed by atoms with Crippen molar-refractivity contribution in [1.29, 1.82) is 0 Å². The van der Waals surface area contributed by atoms with E-state index in [1.54, 1.807) is 26.8 Å². The van der Waals surface area contributed by atoms with Crippen LogP contribution in [-0.4, -0.2) is 19.9 Å². The Kier molecular flexibility index (Phi) is 6.17. The average Bonchev–Trinajstić information content (AvgIpc) is 2.47. The van der Waals surface area contributed by atoms with Crippen LogP contribution >= 0.6 is 27.5 Å². The molecule has 2 N–H and O–H groups in total. The molecule has 0 saturated carbocycles. The first-order valence-corrected chi connectivity index (χ1v) is 10.5. The third-order valence-electron chi connectivity index (χ3n) is 3.30. The van der Waals surface area contributed by atoms with Gasteiger partial charge in [0.1, 0.15) is 4.90 Å². The van der Waals surface area contributed by atoms with E-state index in [2.05, 4.69) is 26.0 Å². The van der Waals surface area contributed by atoms with Crippen molar-refractivity contribution in [2.75, 3.05) is 5.32 Å². The highest BCUT2D eigenvalue weighted by Crippen LogP contribution is 2.26. The van der Waals surface area contributed by atoms with Crippen molar-refractivity contribution in [3.05, 3.63) is 57.0 Å². The van der Waals surface area contributed by atoms with Crippen LogP contribution in [0, 0.1) is 6.92 Å². The van der Waals surface area contributed by atoms with Crippen molar-refractivity contribution in [3.63, 3.8) is 0 Å². The first-order chi connectivity index (χ1) is 11.9. The van der Waals surface area contributed by atoms with Crippen LogP contribution in [0.4, 0.5) is 5.69 Å². The number of amides is 1. The van der Waals surface area contributed by atoms with Crippen LogP contribution in [-0.2, 0) is 10.0 Å². The molecule has 0 aromatic heterocycles. The number of sulfonamides is 1. The molecule has 1 amide bonds. The summed E-state index contributed by atoms with van der Waals surface area (Å²) in [5.74, 6) is -0.432. The predicted molar refractivity (Wildman–Crippen MR) is 108 cm³/mol. The second-order valence-electron chi connectivity index (χ2n) is 6.94. The van der Waals surface area contributed by atoms with Crippen LogP contribution in [0.2, 0.25) is 5.02 Å². The van der Waals surface area contributed by atoms with Crippen molar-refractivity contribution in [1.82, 2.24) is 4.72 Å². The topological polar surface area (TPSA) is 75.3 Å². The molecule has 0 aliphatic rings. The molecular formula is C18H20BrClN2O3S. The zero-order valence-electron chi connectivity index (χ0n) is 14.9. The molecule has 0 atom stereocenters. The number of halogens is 2. The zero-order chi connectivity index (χ0) is 19.7. The monoisotopic (exact) mass is 458 g/mol. The summed E-state index contributed by atoms with van der Waals surface area (Å²) >= 11 is 9.46. The van der Waals surface area contributed by atoms with Gasteiger partial charge in [0.2, 0.25) is 10.0 Å². The first kappa shape index (κ1) is 20.9. The summed E-state index contributed by atoms with van der Waals surface area (Å²) < 4.78 is 28.4. The molecule has 0 aliphatic carbocycles. The van der Waals surface area contributed by atoms with Gasteiger partial charge in [-0.05, 0) is 79.5 Å². The molecule has 0 saturated heterocycles. The summed E-state index contributed by atoms with van der Waals surface area (Å²) in [5.41, 5.74) is 1.15. The molecule has 8 heteroatoms. The van der Waals surface area contributed by atoms with E-state index in [9.17, 15) is 13.2 Å². The second-order valence-corrected chi connectivity index (χ2v) is 9.85. The smallest absolute Gasteiger partial charge is 0.255 e. The van der Waals surface area contributed by atoms with Gasteiger partial charge in [0, 0.05) is 15.6 Å². The number of aryl methyl sites for hydroxylation is 1. The third-order valence-corrected chi connectivity index (χ3v) is 6.19. The summed E-state index contributed by atoms with van der Waals surface area (Å²) in [6, 6.07) is 9.67. The number of benzene rings is 2. The van der Waals surface area contributed by atoms with E-state index in [1.165, 1.54) is 18.2 Å². The minimum absolute atomic E-state index is 0.0508. The summed E-state index contributed by atoms with van der Waals surface area (Å²) in [6.07, 6.45) is 0. The van der Waals surface area contributed by atoms with Gasteiger partial charge in [0.15, 0.2) is 0 Å². The maximum absolute atomic E-state index is 12.6. The molecule has 0 spiro atoms. The number of anilines is 1. The van der Waals surface area contributed by atoms with Crippen molar-refractivity contribution >= 4 is 49.1 Å². The highest BCUT2D eigenvalue weighted by Gasteiger charge is 2.25. The molecule has 0 aliphatic heterocycles. The van der Waals surface area contributed by atoms with Gasteiger partial charge < -0.3 is 5.32 Å². The van der Waals surface area contributed by atoms with E-state index in [0.29, 0.717) is 5.69 Å². The highest BCUT2D eigenvalue weighted by molar-refractivity contribution is 9.10. The minimum Gasteiger partial charge on any atom is -0.321 e. The van der Waals surface area contributed by atoms with Gasteiger partial charge in [0.05, 0.1) is 10.7 Å². The Balaban J connectivity index is 2.35. The van der Waals surface area contributed by atoms with Crippen LogP contribution in [0.5, 0.6) is 0 Å². The molecule has 5 nitrogen and oxygen atoms in total. The van der Waals surface area contributed by atoms with Gasteiger partial charge in [0.25, 0.3) is 5.91 Å². The summed E-state index contributed by atoms with van der Waals surface area (Å²) in [4.78, 5) is 12.4. The molecule has 26 heavy (non-hydrogen) atoms. The Morgan fingerprint density at radius 3 is 2.35 bits per heavy atom. The van der Waals surface area contributed by atoms with E-state index >= 15 is 0 Å². The maximum Gasteiger partial charge on any atom is 0.255 e. The first-order valence-electron chi connectivity index (χ1n) is 7.80. The normalized spacial score (nSPS) is 12.1. The van der Waals surface area contributed by atoms with E-state index in [4.69, 9.17) is 11.6 Å². The number of carbonyl (C=O) groups is 1. The van der Waals surface area contributed by atoms with Gasteiger partial charge in [-0.2, -0.15) is 0 Å². The quantitative estimate of drug-likeness (QED) is 0.693. The maximum atomic E-state index is 12.6. The molecular weight excluding hydrogens is 440 g/mol. The van der Waals surface area contributed by atoms with Crippen LogP contribution in [0.3, 0.4) is 0 Å².